The molecule has 0 spiro atoms. The lowest BCUT2D eigenvalue weighted by atomic mass is 10.2. The second-order valence-corrected chi connectivity index (χ2v) is 7.68. The van der Waals surface area contributed by atoms with Crippen molar-refractivity contribution in [1.82, 2.24) is 9.80 Å². The number of hydrogen-bond donors (Lipinski definition) is 0. The van der Waals surface area contributed by atoms with Gasteiger partial charge < -0.3 is 19.3 Å². The first-order valence-corrected chi connectivity index (χ1v) is 8.48. The van der Waals surface area contributed by atoms with Crippen molar-refractivity contribution in [3.63, 3.8) is 0 Å². The molecular weight excluding hydrogens is 316 g/mol. The number of carbonyl (C=O) groups is 2. The summed E-state index contributed by atoms with van der Waals surface area (Å²) in [5.41, 5.74) is -0.497. The molecule has 0 radical (unpaired) electrons. The van der Waals surface area contributed by atoms with Gasteiger partial charge in [0.2, 0.25) is 5.91 Å². The molecule has 2 amide bonds. The van der Waals surface area contributed by atoms with Gasteiger partial charge in [-0.1, -0.05) is 6.07 Å². The van der Waals surface area contributed by atoms with E-state index >= 15 is 0 Å². The van der Waals surface area contributed by atoms with Crippen LogP contribution in [-0.2, 0) is 20.8 Å². The molecular formula is C16H24N2O4S. The van der Waals surface area contributed by atoms with Gasteiger partial charge >= 0.3 is 6.09 Å². The summed E-state index contributed by atoms with van der Waals surface area (Å²) in [6.45, 7) is 7.07. The van der Waals surface area contributed by atoms with Crippen LogP contribution in [0.15, 0.2) is 17.5 Å². The van der Waals surface area contributed by atoms with Crippen LogP contribution in [0, 0.1) is 0 Å². The van der Waals surface area contributed by atoms with Crippen LogP contribution in [-0.4, -0.2) is 60.2 Å². The number of amides is 2. The molecule has 7 heteroatoms. The molecule has 128 valence electrons. The second-order valence-electron chi connectivity index (χ2n) is 6.65. The fraction of sp³-hybridized carbons (Fsp3) is 0.625. The van der Waals surface area contributed by atoms with Gasteiger partial charge in [0.25, 0.3) is 0 Å². The summed E-state index contributed by atoms with van der Waals surface area (Å²) in [7, 11) is 1.76. The topological polar surface area (TPSA) is 59.1 Å². The van der Waals surface area contributed by atoms with Gasteiger partial charge in [-0.05, 0) is 32.2 Å². The summed E-state index contributed by atoms with van der Waals surface area (Å²) in [5, 5.41) is 1.99. The van der Waals surface area contributed by atoms with E-state index in [1.165, 1.54) is 0 Å². The molecule has 0 aliphatic carbocycles. The molecule has 0 bridgehead atoms. The summed E-state index contributed by atoms with van der Waals surface area (Å²) < 4.78 is 10.8. The molecule has 0 atom stereocenters. The Hall–Kier alpha value is -1.60. The number of rotatable bonds is 5. The van der Waals surface area contributed by atoms with E-state index in [2.05, 4.69) is 0 Å². The fourth-order valence-electron chi connectivity index (χ4n) is 2.04. The molecule has 1 aromatic heterocycles. The zero-order valence-electron chi connectivity index (χ0n) is 14.1. The second kappa shape index (κ2) is 7.31. The van der Waals surface area contributed by atoms with Gasteiger partial charge in [0, 0.05) is 11.9 Å². The predicted molar refractivity (Wildman–Crippen MR) is 88.3 cm³/mol. The smallest absolute Gasteiger partial charge is 0.410 e. The summed E-state index contributed by atoms with van der Waals surface area (Å²) in [6.07, 6.45) is -0.430. The van der Waals surface area contributed by atoms with Crippen LogP contribution in [0.3, 0.4) is 0 Å². The van der Waals surface area contributed by atoms with Crippen molar-refractivity contribution in [3.05, 3.63) is 22.4 Å². The predicted octanol–water partition coefficient (Wildman–Crippen LogP) is 2.34. The highest BCUT2D eigenvalue weighted by molar-refractivity contribution is 7.09. The molecule has 1 aliphatic heterocycles. The quantitative estimate of drug-likeness (QED) is 0.825. The van der Waals surface area contributed by atoms with Crippen LogP contribution in [0.4, 0.5) is 4.79 Å². The first-order valence-electron chi connectivity index (χ1n) is 7.60. The average Bonchev–Trinajstić information content (AvgIpc) is 2.87. The third-order valence-electron chi connectivity index (χ3n) is 3.34. The van der Waals surface area contributed by atoms with Gasteiger partial charge in [-0.3, -0.25) is 4.79 Å². The number of thiophene rings is 1. The zero-order chi connectivity index (χ0) is 17.0. The normalized spacial score (nSPS) is 15.2. The molecule has 0 unspecified atom stereocenters. The molecule has 23 heavy (non-hydrogen) atoms. The molecule has 6 nitrogen and oxygen atoms in total. The molecule has 2 rings (SSSR count). The van der Waals surface area contributed by atoms with Crippen molar-refractivity contribution in [2.45, 2.75) is 39.0 Å². The monoisotopic (exact) mass is 340 g/mol. The van der Waals surface area contributed by atoms with Crippen LogP contribution in [0.25, 0.3) is 0 Å². The van der Waals surface area contributed by atoms with E-state index in [0.29, 0.717) is 19.6 Å². The van der Waals surface area contributed by atoms with Gasteiger partial charge in [0.15, 0.2) is 0 Å². The Morgan fingerprint density at radius 3 is 2.65 bits per heavy atom. The molecule has 1 aromatic rings. The molecule has 0 saturated carbocycles. The number of nitrogens with zero attached hydrogens (tertiary/aromatic N) is 2. The van der Waals surface area contributed by atoms with Crippen LogP contribution in [0.1, 0.15) is 25.6 Å². The number of ether oxygens (including phenoxy) is 2. The molecule has 0 N–H and O–H groups in total. The number of likely N-dealkylation sites (tertiary alicyclic amines) is 1. The minimum absolute atomic E-state index is 0.0364. The third-order valence-corrected chi connectivity index (χ3v) is 4.20. The molecule has 1 aliphatic rings. The Balaban J connectivity index is 1.64. The van der Waals surface area contributed by atoms with Crippen molar-refractivity contribution < 1.29 is 19.1 Å². The Morgan fingerprint density at radius 1 is 1.39 bits per heavy atom. The van der Waals surface area contributed by atoms with Crippen molar-refractivity contribution in [1.29, 1.82) is 0 Å². The summed E-state index contributed by atoms with van der Waals surface area (Å²) >= 11 is 1.62. The van der Waals surface area contributed by atoms with Gasteiger partial charge in [-0.2, -0.15) is 0 Å². The Labute approximate surface area is 141 Å². The summed E-state index contributed by atoms with van der Waals surface area (Å²) in [4.78, 5) is 28.2. The highest BCUT2D eigenvalue weighted by atomic mass is 32.1. The van der Waals surface area contributed by atoms with E-state index in [1.807, 2.05) is 38.3 Å². The van der Waals surface area contributed by atoms with E-state index in [0.717, 1.165) is 4.88 Å². The molecule has 1 fully saturated rings. The van der Waals surface area contributed by atoms with E-state index in [-0.39, 0.29) is 24.7 Å². The van der Waals surface area contributed by atoms with E-state index in [1.54, 1.807) is 28.2 Å². The summed E-state index contributed by atoms with van der Waals surface area (Å²) in [6, 6.07) is 3.97. The van der Waals surface area contributed by atoms with Gasteiger partial charge in [0.05, 0.1) is 25.7 Å². The van der Waals surface area contributed by atoms with Crippen LogP contribution in [0.5, 0.6) is 0 Å². The lowest BCUT2D eigenvalue weighted by Gasteiger charge is -2.39. The summed E-state index contributed by atoms with van der Waals surface area (Å²) in [5.74, 6) is -0.0610. The highest BCUT2D eigenvalue weighted by Gasteiger charge is 2.34. The fourth-order valence-corrected chi connectivity index (χ4v) is 2.80. The molecule has 1 saturated heterocycles. The molecule has 0 aromatic carbocycles. The first-order chi connectivity index (χ1) is 10.7. The van der Waals surface area contributed by atoms with E-state index < -0.39 is 5.60 Å². The Bertz CT molecular complexity index is 533. The highest BCUT2D eigenvalue weighted by Crippen LogP contribution is 2.17. The first kappa shape index (κ1) is 17.7. The number of likely N-dealkylation sites (N-methyl/N-ethyl adjacent to an activating group) is 1. The minimum atomic E-state index is -0.497. The van der Waals surface area contributed by atoms with E-state index in [4.69, 9.17) is 9.47 Å². The lowest BCUT2D eigenvalue weighted by Crippen LogP contribution is -2.56. The standard InChI is InChI=1S/C16H24N2O4S/c1-16(2,3)22-15(20)18-8-12(9-18)21-11-14(19)17(4)10-13-6-5-7-23-13/h5-7,12H,8-11H2,1-4H3. The van der Waals surface area contributed by atoms with Crippen LogP contribution in [0.2, 0.25) is 0 Å². The largest absolute Gasteiger partial charge is 0.444 e. The van der Waals surface area contributed by atoms with Gasteiger partial charge in [-0.15, -0.1) is 11.3 Å². The third kappa shape index (κ3) is 5.51. The maximum Gasteiger partial charge on any atom is 0.410 e. The van der Waals surface area contributed by atoms with Crippen LogP contribution < -0.4 is 0 Å². The van der Waals surface area contributed by atoms with Crippen molar-refractivity contribution >= 4 is 23.3 Å². The lowest BCUT2D eigenvalue weighted by molar-refractivity contribution is -0.141. The Morgan fingerprint density at radius 2 is 2.09 bits per heavy atom. The minimum Gasteiger partial charge on any atom is -0.444 e. The Kier molecular flexibility index (Phi) is 5.64. The van der Waals surface area contributed by atoms with Crippen molar-refractivity contribution in [3.8, 4) is 0 Å². The van der Waals surface area contributed by atoms with Gasteiger partial charge in [0.1, 0.15) is 12.2 Å². The SMILES string of the molecule is CN(Cc1cccs1)C(=O)COC1CN(C(=O)OC(C)(C)C)C1. The van der Waals surface area contributed by atoms with Crippen LogP contribution >= 0.6 is 11.3 Å². The number of carbonyl (C=O) groups excluding carboxylic acids is 2. The maximum atomic E-state index is 12.0. The van der Waals surface area contributed by atoms with Gasteiger partial charge in [-0.25, -0.2) is 4.79 Å². The van der Waals surface area contributed by atoms with Crippen molar-refractivity contribution in [2.75, 3.05) is 26.7 Å². The molecule has 2 heterocycles. The van der Waals surface area contributed by atoms with Crippen molar-refractivity contribution in [2.24, 2.45) is 0 Å². The maximum absolute atomic E-state index is 12.0. The average molecular weight is 340 g/mol. The zero-order valence-corrected chi connectivity index (χ0v) is 14.9. The number of hydrogen-bond acceptors (Lipinski definition) is 5. The van der Waals surface area contributed by atoms with E-state index in [9.17, 15) is 9.59 Å².